The Morgan fingerprint density at radius 2 is 1.93 bits per heavy atom. The Morgan fingerprint density at radius 3 is 2.48 bits per heavy atom. The fourth-order valence-electron chi connectivity index (χ4n) is 2.46. The molecule has 0 bridgehead atoms. The molecule has 0 spiro atoms. The molecule has 0 aromatic heterocycles. The van der Waals surface area contributed by atoms with E-state index in [1.54, 1.807) is 6.92 Å². The molecule has 2 atom stereocenters. The molecule has 0 N–H and O–H groups in total. The molecular weight excluding hydrogens is 374 g/mol. The fraction of sp³-hybridized carbons (Fsp3) is 0.556. The van der Waals surface area contributed by atoms with Gasteiger partial charge in [0.1, 0.15) is 0 Å². The van der Waals surface area contributed by atoms with Crippen molar-refractivity contribution in [1.29, 1.82) is 0 Å². The Labute approximate surface area is 159 Å². The molecule has 9 heteroatoms. The highest BCUT2D eigenvalue weighted by atomic mass is 32.2. The van der Waals surface area contributed by atoms with Crippen LogP contribution in [0.3, 0.4) is 0 Å². The minimum absolute atomic E-state index is 0.00107. The molecule has 1 aromatic rings. The van der Waals surface area contributed by atoms with E-state index < -0.39 is 34.5 Å². The van der Waals surface area contributed by atoms with Crippen LogP contribution in [-0.4, -0.2) is 70.6 Å². The number of carbonyl (C=O) groups excluding carboxylic acids is 2. The molecular formula is C18H25NO7S. The van der Waals surface area contributed by atoms with Crippen molar-refractivity contribution in [2.45, 2.75) is 36.9 Å². The fourth-order valence-corrected chi connectivity index (χ4v) is 3.36. The van der Waals surface area contributed by atoms with Crippen molar-refractivity contribution in [3.63, 3.8) is 0 Å². The van der Waals surface area contributed by atoms with Gasteiger partial charge in [0.25, 0.3) is 0 Å². The van der Waals surface area contributed by atoms with Gasteiger partial charge in [-0.3, -0.25) is 4.79 Å². The summed E-state index contributed by atoms with van der Waals surface area (Å²) in [6.07, 6.45) is 1.09. The highest BCUT2D eigenvalue weighted by Crippen LogP contribution is 2.15. The Hall–Kier alpha value is -1.81. The van der Waals surface area contributed by atoms with Gasteiger partial charge in [0.15, 0.2) is 18.5 Å². The van der Waals surface area contributed by atoms with Crippen molar-refractivity contribution >= 4 is 21.8 Å². The third kappa shape index (κ3) is 5.83. The lowest BCUT2D eigenvalue weighted by Gasteiger charge is -2.15. The van der Waals surface area contributed by atoms with Crippen LogP contribution in [0.15, 0.2) is 29.2 Å². The van der Waals surface area contributed by atoms with E-state index in [0.717, 1.165) is 17.1 Å². The number of carbonyl (C=O) groups is 2. The third-order valence-electron chi connectivity index (χ3n) is 4.19. The van der Waals surface area contributed by atoms with Gasteiger partial charge in [-0.05, 0) is 44.0 Å². The zero-order chi connectivity index (χ0) is 20.0. The molecule has 150 valence electrons. The minimum Gasteiger partial charge on any atom is -0.455 e. The van der Waals surface area contributed by atoms with Gasteiger partial charge in [-0.25, -0.2) is 17.5 Å². The number of Topliss-reactive ketones (excluding diaryl/α,β-unsaturated/α-hetero) is 1. The summed E-state index contributed by atoms with van der Waals surface area (Å²) in [7, 11) is -0.707. The molecule has 8 nitrogen and oxygen atoms in total. The zero-order valence-electron chi connectivity index (χ0n) is 15.7. The molecule has 1 aromatic carbocycles. The Kier molecular flexibility index (Phi) is 7.49. The second kappa shape index (κ2) is 9.41. The number of sulfonamides is 1. The first-order valence-electron chi connectivity index (χ1n) is 8.67. The van der Waals surface area contributed by atoms with Gasteiger partial charge in [0.2, 0.25) is 10.0 Å². The lowest BCUT2D eigenvalue weighted by atomic mass is 10.1. The molecule has 0 saturated carbocycles. The molecule has 1 heterocycles. The topological polar surface area (TPSA) is 99.2 Å². The van der Waals surface area contributed by atoms with Crippen LogP contribution in [0.25, 0.3) is 0 Å². The van der Waals surface area contributed by atoms with Crippen LogP contribution in [-0.2, 0) is 29.0 Å². The van der Waals surface area contributed by atoms with Crippen molar-refractivity contribution in [3.05, 3.63) is 29.8 Å². The van der Waals surface area contributed by atoms with Gasteiger partial charge in [-0.2, -0.15) is 0 Å². The predicted molar refractivity (Wildman–Crippen MR) is 97.0 cm³/mol. The van der Waals surface area contributed by atoms with Crippen molar-refractivity contribution in [3.8, 4) is 0 Å². The predicted octanol–water partition coefficient (Wildman–Crippen LogP) is 1.25. The Bertz CT molecular complexity index is 752. The lowest BCUT2D eigenvalue weighted by molar-refractivity contribution is -0.156. The van der Waals surface area contributed by atoms with E-state index >= 15 is 0 Å². The number of hydrogen-bond acceptors (Lipinski definition) is 7. The van der Waals surface area contributed by atoms with E-state index in [9.17, 15) is 18.0 Å². The highest BCUT2D eigenvalue weighted by Gasteiger charge is 2.22. The second-order valence-electron chi connectivity index (χ2n) is 6.45. The first-order valence-corrected chi connectivity index (χ1v) is 10.1. The van der Waals surface area contributed by atoms with Crippen LogP contribution in [0.2, 0.25) is 0 Å². The Morgan fingerprint density at radius 1 is 1.26 bits per heavy atom. The van der Waals surface area contributed by atoms with Crippen molar-refractivity contribution in [1.82, 2.24) is 4.31 Å². The van der Waals surface area contributed by atoms with Crippen LogP contribution < -0.4 is 0 Å². The summed E-state index contributed by atoms with van der Waals surface area (Å²) < 4.78 is 40.9. The SMILES string of the molecule is CC(OCC1CCCO1)C(=O)OCC(=O)c1ccc(S(=O)(=O)N(C)C)cc1. The zero-order valence-corrected chi connectivity index (χ0v) is 16.5. The summed E-state index contributed by atoms with van der Waals surface area (Å²) in [5.41, 5.74) is 0.258. The van der Waals surface area contributed by atoms with Crippen molar-refractivity contribution in [2.24, 2.45) is 0 Å². The normalized spacial score (nSPS) is 18.4. The van der Waals surface area contributed by atoms with Crippen LogP contribution in [0.5, 0.6) is 0 Å². The summed E-state index contributed by atoms with van der Waals surface area (Å²) in [5.74, 6) is -1.06. The second-order valence-corrected chi connectivity index (χ2v) is 8.61. The molecule has 2 rings (SSSR count). The molecule has 1 saturated heterocycles. The maximum Gasteiger partial charge on any atom is 0.335 e. The number of nitrogens with zero attached hydrogens (tertiary/aromatic N) is 1. The standard InChI is InChI=1S/C18H25NO7S/c1-13(25-11-15-5-4-10-24-15)18(21)26-12-17(20)14-6-8-16(9-7-14)27(22,23)19(2)3/h6-9,13,15H,4-5,10-12H2,1-3H3. The molecule has 1 aliphatic rings. The monoisotopic (exact) mass is 399 g/mol. The van der Waals surface area contributed by atoms with Crippen LogP contribution in [0.4, 0.5) is 0 Å². The van der Waals surface area contributed by atoms with Crippen molar-refractivity contribution in [2.75, 3.05) is 33.9 Å². The molecule has 27 heavy (non-hydrogen) atoms. The largest absolute Gasteiger partial charge is 0.455 e. The summed E-state index contributed by atoms with van der Waals surface area (Å²) in [6, 6.07) is 5.48. The molecule has 0 radical (unpaired) electrons. The van der Waals surface area contributed by atoms with Gasteiger partial charge in [0, 0.05) is 26.3 Å². The lowest BCUT2D eigenvalue weighted by Crippen LogP contribution is -2.29. The smallest absolute Gasteiger partial charge is 0.335 e. The first kappa shape index (κ1) is 21.5. The molecule has 1 aliphatic heterocycles. The van der Waals surface area contributed by atoms with Crippen molar-refractivity contribution < 1.29 is 32.2 Å². The van der Waals surface area contributed by atoms with Crippen LogP contribution in [0, 0.1) is 0 Å². The average Bonchev–Trinajstić information content (AvgIpc) is 3.17. The van der Waals surface area contributed by atoms with Crippen LogP contribution in [0.1, 0.15) is 30.1 Å². The number of ketones is 1. The molecule has 0 aliphatic carbocycles. The van der Waals surface area contributed by atoms with E-state index in [2.05, 4.69) is 0 Å². The van der Waals surface area contributed by atoms with E-state index in [1.807, 2.05) is 0 Å². The maximum atomic E-state index is 12.1. The molecule has 1 fully saturated rings. The maximum absolute atomic E-state index is 12.1. The quantitative estimate of drug-likeness (QED) is 0.455. The average molecular weight is 399 g/mol. The summed E-state index contributed by atoms with van der Waals surface area (Å²) in [5, 5.41) is 0. The van der Waals surface area contributed by atoms with E-state index in [0.29, 0.717) is 13.2 Å². The van der Waals surface area contributed by atoms with Gasteiger partial charge in [-0.15, -0.1) is 0 Å². The third-order valence-corrected chi connectivity index (χ3v) is 6.02. The van der Waals surface area contributed by atoms with Gasteiger partial charge in [0.05, 0.1) is 17.6 Å². The number of esters is 1. The summed E-state index contributed by atoms with van der Waals surface area (Å²) >= 11 is 0. The number of hydrogen-bond donors (Lipinski definition) is 0. The van der Waals surface area contributed by atoms with Gasteiger partial charge < -0.3 is 14.2 Å². The van der Waals surface area contributed by atoms with Gasteiger partial charge in [-0.1, -0.05) is 0 Å². The highest BCUT2D eigenvalue weighted by molar-refractivity contribution is 7.89. The van der Waals surface area contributed by atoms with E-state index in [1.165, 1.54) is 38.4 Å². The number of ether oxygens (including phenoxy) is 3. The van der Waals surface area contributed by atoms with Gasteiger partial charge >= 0.3 is 5.97 Å². The van der Waals surface area contributed by atoms with E-state index in [-0.39, 0.29) is 16.6 Å². The summed E-state index contributed by atoms with van der Waals surface area (Å²) in [4.78, 5) is 24.1. The van der Waals surface area contributed by atoms with Crippen LogP contribution >= 0.6 is 0 Å². The molecule has 2 unspecified atom stereocenters. The number of benzene rings is 1. The minimum atomic E-state index is -3.56. The van der Waals surface area contributed by atoms with E-state index in [4.69, 9.17) is 14.2 Å². The first-order chi connectivity index (χ1) is 12.7. The number of rotatable bonds is 9. The molecule has 0 amide bonds. The Balaban J connectivity index is 1.83. The summed E-state index contributed by atoms with van der Waals surface area (Å²) in [6.45, 7) is 2.14.